The number of benzene rings is 2. The molecular formula is C28H35N4O6Si. The maximum absolute atomic E-state index is 13.3. The molecule has 1 heterocycles. The van der Waals surface area contributed by atoms with Gasteiger partial charge in [0.2, 0.25) is 11.7 Å². The van der Waals surface area contributed by atoms with Gasteiger partial charge in [-0.3, -0.25) is 14.4 Å². The number of ketones is 1. The molecule has 1 aliphatic heterocycles. The van der Waals surface area contributed by atoms with Crippen LogP contribution < -0.4 is 30.7 Å². The summed E-state index contributed by atoms with van der Waals surface area (Å²) in [4.78, 5) is 51.7. The van der Waals surface area contributed by atoms with E-state index in [1.165, 1.54) is 0 Å². The topological polar surface area (TPSA) is 135 Å². The Balaban J connectivity index is 1.61. The van der Waals surface area contributed by atoms with E-state index < -0.39 is 34.8 Å². The number of carbonyl (C=O) groups excluding carboxylic acids is 4. The second kappa shape index (κ2) is 13.8. The maximum Gasteiger partial charge on any atom is 0.315 e. The number of hydrogen-bond donors (Lipinski definition) is 4. The second-order valence-electron chi connectivity index (χ2n) is 9.72. The minimum absolute atomic E-state index is 0.0183. The molecule has 4 N–H and O–H groups in total. The lowest BCUT2D eigenvalue weighted by Crippen LogP contribution is -2.64. The fraction of sp³-hybridized carbons (Fsp3) is 0.429. The first kappa shape index (κ1) is 29.7. The van der Waals surface area contributed by atoms with Crippen molar-refractivity contribution in [1.82, 2.24) is 21.3 Å². The maximum atomic E-state index is 13.3. The summed E-state index contributed by atoms with van der Waals surface area (Å²) in [5.41, 5.74) is 1.57. The van der Waals surface area contributed by atoms with E-state index in [0.717, 1.165) is 5.56 Å². The molecule has 3 radical (unpaired) electrons. The molecule has 0 spiro atoms. The second-order valence-corrected chi connectivity index (χ2v) is 10.6. The molecule has 0 aliphatic carbocycles. The highest BCUT2D eigenvalue weighted by Gasteiger charge is 2.38. The molecule has 0 saturated carbocycles. The van der Waals surface area contributed by atoms with Crippen molar-refractivity contribution in [3.63, 3.8) is 0 Å². The fourth-order valence-electron chi connectivity index (χ4n) is 4.16. The minimum Gasteiger partial charge on any atom is -0.486 e. The van der Waals surface area contributed by atoms with E-state index >= 15 is 0 Å². The van der Waals surface area contributed by atoms with Crippen molar-refractivity contribution in [3.8, 4) is 11.5 Å². The average Bonchev–Trinajstić information content (AvgIpc) is 2.93. The molecule has 39 heavy (non-hydrogen) atoms. The summed E-state index contributed by atoms with van der Waals surface area (Å²) >= 11 is 0. The molecule has 0 bridgehead atoms. The molecule has 0 aromatic heterocycles. The molecule has 0 saturated heterocycles. The number of nitrogens with one attached hydrogen (secondary N) is 4. The smallest absolute Gasteiger partial charge is 0.315 e. The van der Waals surface area contributed by atoms with Crippen molar-refractivity contribution in [2.45, 2.75) is 57.9 Å². The monoisotopic (exact) mass is 551 g/mol. The first-order chi connectivity index (χ1) is 18.6. The number of ether oxygens (including phenoxy) is 2. The third-order valence-corrected chi connectivity index (χ3v) is 6.62. The van der Waals surface area contributed by atoms with Crippen LogP contribution in [0.2, 0.25) is 0 Å². The van der Waals surface area contributed by atoms with Gasteiger partial charge in [0.1, 0.15) is 18.4 Å². The quantitative estimate of drug-likeness (QED) is 0.235. The van der Waals surface area contributed by atoms with E-state index in [2.05, 4.69) is 31.5 Å². The van der Waals surface area contributed by atoms with Crippen molar-refractivity contribution in [3.05, 3.63) is 59.7 Å². The van der Waals surface area contributed by atoms with Gasteiger partial charge in [-0.25, -0.2) is 4.79 Å². The Morgan fingerprint density at radius 1 is 0.949 bits per heavy atom. The third kappa shape index (κ3) is 8.31. The van der Waals surface area contributed by atoms with Crippen LogP contribution in [0.1, 0.15) is 44.7 Å². The molecule has 11 heteroatoms. The number of rotatable bonds is 12. The lowest BCUT2D eigenvalue weighted by molar-refractivity contribution is -0.140. The lowest BCUT2D eigenvalue weighted by Gasteiger charge is -2.32. The van der Waals surface area contributed by atoms with Crippen LogP contribution in [0, 0.1) is 5.92 Å². The number of hydrogen-bond acceptors (Lipinski definition) is 6. The van der Waals surface area contributed by atoms with Gasteiger partial charge in [-0.2, -0.15) is 0 Å². The van der Waals surface area contributed by atoms with E-state index in [1.54, 1.807) is 25.1 Å². The van der Waals surface area contributed by atoms with Gasteiger partial charge in [-0.1, -0.05) is 63.2 Å². The van der Waals surface area contributed by atoms with Gasteiger partial charge >= 0.3 is 6.03 Å². The van der Waals surface area contributed by atoms with E-state index in [4.69, 9.17) is 9.47 Å². The van der Waals surface area contributed by atoms with Gasteiger partial charge in [0.05, 0.1) is 16.3 Å². The Labute approximate surface area is 232 Å². The molecule has 3 rings (SSSR count). The van der Waals surface area contributed by atoms with Gasteiger partial charge in [-0.05, 0) is 30.4 Å². The van der Waals surface area contributed by atoms with Crippen LogP contribution >= 0.6 is 0 Å². The number of para-hydroxylation sites is 1. The molecule has 1 aliphatic rings. The summed E-state index contributed by atoms with van der Waals surface area (Å²) in [6, 6.07) is 13.0. The van der Waals surface area contributed by atoms with Crippen LogP contribution in [0.25, 0.3) is 0 Å². The number of fused-ring (bicyclic) bond motifs is 1. The van der Waals surface area contributed by atoms with E-state index in [0.29, 0.717) is 30.3 Å². The summed E-state index contributed by atoms with van der Waals surface area (Å²) in [6.07, 6.45) is 0.423. The highest BCUT2D eigenvalue weighted by atomic mass is 28.1. The predicted octanol–water partition coefficient (Wildman–Crippen LogP) is 1.95. The molecule has 207 valence electrons. The van der Waals surface area contributed by atoms with Crippen LogP contribution in [0.3, 0.4) is 0 Å². The molecule has 2 aromatic carbocycles. The van der Waals surface area contributed by atoms with Crippen LogP contribution in [-0.4, -0.2) is 58.3 Å². The number of urea groups is 1. The van der Waals surface area contributed by atoms with Gasteiger partial charge in [-0.15, -0.1) is 0 Å². The first-order valence-electron chi connectivity index (χ1n) is 13.0. The molecule has 4 amide bonds. The zero-order valence-corrected chi connectivity index (χ0v) is 23.5. The summed E-state index contributed by atoms with van der Waals surface area (Å²) in [5.74, 6) is -1.13. The summed E-state index contributed by atoms with van der Waals surface area (Å²) in [7, 11) is 3.46. The van der Waals surface area contributed by atoms with Crippen molar-refractivity contribution < 1.29 is 28.7 Å². The van der Waals surface area contributed by atoms with Gasteiger partial charge < -0.3 is 30.7 Å². The number of carbonyl (C=O) groups is 4. The summed E-state index contributed by atoms with van der Waals surface area (Å²) in [5, 5.41) is 9.16. The minimum atomic E-state index is -1.50. The van der Waals surface area contributed by atoms with Crippen molar-refractivity contribution >= 4 is 33.9 Å². The first-order valence-corrected chi connectivity index (χ1v) is 13.5. The van der Waals surface area contributed by atoms with Crippen LogP contribution in [0.5, 0.6) is 11.5 Å². The molecule has 2 aromatic rings. The van der Waals surface area contributed by atoms with Crippen molar-refractivity contribution in [2.75, 3.05) is 13.2 Å². The largest absolute Gasteiger partial charge is 0.486 e. The standard InChI is InChI=1S/C28H35N4O6Si/c1-4-21(23(33)25(34)29-17-20-11-8-12-22-24(20)38-14-13-37-22)31-26(35)28(39,15-18(2)3)32-27(36)30-16-19-9-6-5-7-10-19/h5-12,18,21H,4,13-17H2,1-3H3,(H,29,34)(H,31,35)(H2,30,32,36). The van der Waals surface area contributed by atoms with E-state index in [1.807, 2.05) is 44.2 Å². The summed E-state index contributed by atoms with van der Waals surface area (Å²) < 4.78 is 11.2. The highest BCUT2D eigenvalue weighted by molar-refractivity contribution is 6.39. The number of amides is 4. The van der Waals surface area contributed by atoms with Gasteiger partial charge in [0, 0.05) is 18.7 Å². The highest BCUT2D eigenvalue weighted by Crippen LogP contribution is 2.33. The SMILES string of the molecule is CCC(NC(=O)C([Si])(CC(C)C)NC(=O)NCc1ccccc1)C(=O)C(=O)NCc1cccc2c1OCCO2. The molecular weight excluding hydrogens is 516 g/mol. The Hall–Kier alpha value is -3.86. The Morgan fingerprint density at radius 3 is 2.36 bits per heavy atom. The Morgan fingerprint density at radius 2 is 1.67 bits per heavy atom. The van der Waals surface area contributed by atoms with E-state index in [-0.39, 0.29) is 31.8 Å². The Kier molecular flexibility index (Phi) is 10.5. The fourth-order valence-corrected chi connectivity index (χ4v) is 4.75. The van der Waals surface area contributed by atoms with Crippen LogP contribution in [0.15, 0.2) is 48.5 Å². The van der Waals surface area contributed by atoms with Crippen molar-refractivity contribution in [2.24, 2.45) is 5.92 Å². The van der Waals surface area contributed by atoms with Crippen LogP contribution in [-0.2, 0) is 27.5 Å². The van der Waals surface area contributed by atoms with Crippen molar-refractivity contribution in [1.29, 1.82) is 0 Å². The lowest BCUT2D eigenvalue weighted by atomic mass is 10.0. The third-order valence-electron chi connectivity index (χ3n) is 6.07. The molecule has 10 nitrogen and oxygen atoms in total. The zero-order chi connectivity index (χ0) is 28.4. The van der Waals surface area contributed by atoms with E-state index in [9.17, 15) is 19.2 Å². The normalized spacial score (nSPS) is 14.5. The van der Waals surface area contributed by atoms with Gasteiger partial charge in [0.15, 0.2) is 11.5 Å². The molecule has 2 atom stereocenters. The van der Waals surface area contributed by atoms with Gasteiger partial charge in [0.25, 0.3) is 5.91 Å². The molecule has 0 fully saturated rings. The summed E-state index contributed by atoms with van der Waals surface area (Å²) in [6.45, 7) is 6.65. The zero-order valence-electron chi connectivity index (χ0n) is 22.5. The Bertz CT molecular complexity index is 1180. The number of Topliss-reactive ketones (excluding diaryl/α,β-unsaturated/α-hetero) is 1. The molecule has 2 unspecified atom stereocenters. The van der Waals surface area contributed by atoms with Crippen LogP contribution in [0.4, 0.5) is 4.79 Å². The predicted molar refractivity (Wildman–Crippen MR) is 146 cm³/mol. The average molecular weight is 552 g/mol.